The second kappa shape index (κ2) is 11.2. The van der Waals surface area contributed by atoms with E-state index in [1.54, 1.807) is 0 Å². The van der Waals surface area contributed by atoms with Crippen LogP contribution in [0, 0.1) is 0 Å². The predicted molar refractivity (Wildman–Crippen MR) is 194 cm³/mol. The van der Waals surface area contributed by atoms with Gasteiger partial charge in [0, 0.05) is 27.5 Å². The first-order valence-electron chi connectivity index (χ1n) is 15.8. The van der Waals surface area contributed by atoms with Gasteiger partial charge in [0.2, 0.25) is 0 Å². The molecular weight excluding hydrogens is 572 g/mol. The Hall–Kier alpha value is -6.32. The van der Waals surface area contributed by atoms with Crippen LogP contribution in [-0.4, -0.2) is 9.97 Å². The lowest BCUT2D eigenvalue weighted by molar-refractivity contribution is 0.669. The summed E-state index contributed by atoms with van der Waals surface area (Å²) in [5.41, 5.74) is 11.2. The van der Waals surface area contributed by atoms with Crippen LogP contribution in [0.3, 0.4) is 0 Å². The Morgan fingerprint density at radius 2 is 0.851 bits per heavy atom. The molecule has 2 heterocycles. The van der Waals surface area contributed by atoms with Crippen molar-refractivity contribution in [3.63, 3.8) is 0 Å². The van der Waals surface area contributed by atoms with Gasteiger partial charge in [-0.15, -0.1) is 0 Å². The Morgan fingerprint density at radius 3 is 1.57 bits per heavy atom. The number of fused-ring (bicyclic) bond motifs is 4. The van der Waals surface area contributed by atoms with E-state index in [2.05, 4.69) is 133 Å². The lowest BCUT2D eigenvalue weighted by Gasteiger charge is -2.11. The van der Waals surface area contributed by atoms with Crippen molar-refractivity contribution in [3.05, 3.63) is 170 Å². The van der Waals surface area contributed by atoms with Crippen LogP contribution in [0.15, 0.2) is 174 Å². The fourth-order valence-corrected chi connectivity index (χ4v) is 6.40. The van der Waals surface area contributed by atoms with E-state index in [1.807, 2.05) is 36.4 Å². The van der Waals surface area contributed by atoms with Crippen LogP contribution < -0.4 is 0 Å². The van der Waals surface area contributed by atoms with Crippen LogP contribution in [0.4, 0.5) is 0 Å². The third-order valence-electron chi connectivity index (χ3n) is 8.91. The molecule has 220 valence electrons. The lowest BCUT2D eigenvalue weighted by Crippen LogP contribution is -1.96. The average Bonchev–Trinajstić information content (AvgIpc) is 3.53. The number of hydrogen-bond acceptors (Lipinski definition) is 3. The van der Waals surface area contributed by atoms with Crippen molar-refractivity contribution in [2.75, 3.05) is 0 Å². The average molecular weight is 601 g/mol. The van der Waals surface area contributed by atoms with Gasteiger partial charge in [-0.25, -0.2) is 9.97 Å². The number of benzene rings is 7. The monoisotopic (exact) mass is 600 g/mol. The van der Waals surface area contributed by atoms with Crippen LogP contribution in [0.5, 0.6) is 0 Å². The molecule has 0 amide bonds. The summed E-state index contributed by atoms with van der Waals surface area (Å²) in [4.78, 5) is 10.1. The molecule has 0 saturated heterocycles. The topological polar surface area (TPSA) is 38.9 Å². The highest BCUT2D eigenvalue weighted by atomic mass is 16.3. The van der Waals surface area contributed by atoms with Crippen molar-refractivity contribution in [2.24, 2.45) is 0 Å². The second-order valence-electron chi connectivity index (χ2n) is 11.9. The van der Waals surface area contributed by atoms with Crippen molar-refractivity contribution in [3.8, 4) is 56.2 Å². The minimum Gasteiger partial charge on any atom is -0.456 e. The summed E-state index contributed by atoms with van der Waals surface area (Å²) in [5.74, 6) is 0.705. The van der Waals surface area contributed by atoms with Gasteiger partial charge in [-0.05, 0) is 63.4 Å². The normalized spacial score (nSPS) is 11.4. The highest BCUT2D eigenvalue weighted by Gasteiger charge is 2.13. The molecule has 0 aliphatic carbocycles. The Balaban J connectivity index is 1.07. The van der Waals surface area contributed by atoms with Gasteiger partial charge in [-0.1, -0.05) is 140 Å². The predicted octanol–water partition coefficient (Wildman–Crippen LogP) is 11.9. The molecular formula is C44H28N2O. The molecule has 2 aromatic heterocycles. The molecule has 0 unspecified atom stereocenters. The van der Waals surface area contributed by atoms with Crippen molar-refractivity contribution in [1.82, 2.24) is 9.97 Å². The number of furan rings is 1. The van der Waals surface area contributed by atoms with Gasteiger partial charge in [-0.2, -0.15) is 0 Å². The molecule has 0 bridgehead atoms. The molecule has 3 heteroatoms. The van der Waals surface area contributed by atoms with Crippen molar-refractivity contribution in [2.45, 2.75) is 0 Å². The molecule has 0 atom stereocenters. The third kappa shape index (κ3) is 5.04. The summed E-state index contributed by atoms with van der Waals surface area (Å²) in [5, 5.41) is 4.76. The quantitative estimate of drug-likeness (QED) is 0.197. The number of para-hydroxylation sites is 1. The molecule has 9 rings (SSSR count). The summed E-state index contributed by atoms with van der Waals surface area (Å²) in [7, 11) is 0. The lowest BCUT2D eigenvalue weighted by atomic mass is 9.98. The maximum atomic E-state index is 6.15. The number of nitrogens with zero attached hydrogens (tertiary/aromatic N) is 2. The van der Waals surface area contributed by atoms with Crippen LogP contribution in [0.1, 0.15) is 0 Å². The standard InChI is InChI=1S/C44H28N2O/c1-2-9-34(10-3-1)44-45-40(32-19-14-30(15-20-32)36-23-18-29-8-4-5-11-35(29)26-36)28-41(46-44)33-21-16-31(17-22-33)37-24-25-39-38-12-6-7-13-42(38)47-43(39)27-37/h1-28H. The number of aromatic nitrogens is 2. The van der Waals surface area contributed by atoms with Crippen LogP contribution >= 0.6 is 0 Å². The Bertz CT molecular complexity index is 2550. The smallest absolute Gasteiger partial charge is 0.160 e. The highest BCUT2D eigenvalue weighted by molar-refractivity contribution is 6.05. The van der Waals surface area contributed by atoms with Gasteiger partial charge in [0.25, 0.3) is 0 Å². The first kappa shape index (κ1) is 27.0. The number of hydrogen-bond donors (Lipinski definition) is 0. The summed E-state index contributed by atoms with van der Waals surface area (Å²) in [6.45, 7) is 0. The molecule has 9 aromatic rings. The summed E-state index contributed by atoms with van der Waals surface area (Å²) in [6, 6.07) is 59.2. The maximum absolute atomic E-state index is 6.15. The van der Waals surface area contributed by atoms with Crippen LogP contribution in [0.25, 0.3) is 88.9 Å². The van der Waals surface area contributed by atoms with E-state index in [0.29, 0.717) is 5.82 Å². The second-order valence-corrected chi connectivity index (χ2v) is 11.9. The first-order valence-corrected chi connectivity index (χ1v) is 15.8. The van der Waals surface area contributed by atoms with Gasteiger partial charge >= 0.3 is 0 Å². The Labute approximate surface area is 272 Å². The number of rotatable bonds is 5. The molecule has 0 radical (unpaired) electrons. The van der Waals surface area contributed by atoms with Gasteiger partial charge in [0.15, 0.2) is 5.82 Å². The molecule has 0 spiro atoms. The zero-order chi connectivity index (χ0) is 31.2. The van der Waals surface area contributed by atoms with Gasteiger partial charge < -0.3 is 4.42 Å². The van der Waals surface area contributed by atoms with Crippen LogP contribution in [0.2, 0.25) is 0 Å². The van der Waals surface area contributed by atoms with E-state index >= 15 is 0 Å². The SMILES string of the molecule is c1ccc(-c2nc(-c3ccc(-c4ccc5ccccc5c4)cc3)cc(-c3ccc(-c4ccc5c(c4)oc4ccccc45)cc3)n2)cc1. The van der Waals surface area contributed by atoms with E-state index in [9.17, 15) is 0 Å². The zero-order valence-corrected chi connectivity index (χ0v) is 25.5. The van der Waals surface area contributed by atoms with Crippen LogP contribution in [-0.2, 0) is 0 Å². The Morgan fingerprint density at radius 1 is 0.319 bits per heavy atom. The maximum Gasteiger partial charge on any atom is 0.160 e. The molecule has 7 aromatic carbocycles. The van der Waals surface area contributed by atoms with Crippen molar-refractivity contribution in [1.29, 1.82) is 0 Å². The van der Waals surface area contributed by atoms with E-state index in [4.69, 9.17) is 14.4 Å². The Kier molecular flexibility index (Phi) is 6.46. The zero-order valence-electron chi connectivity index (χ0n) is 25.5. The van der Waals surface area contributed by atoms with Gasteiger partial charge in [-0.3, -0.25) is 0 Å². The molecule has 0 N–H and O–H groups in total. The van der Waals surface area contributed by atoms with Gasteiger partial charge in [0.05, 0.1) is 11.4 Å². The molecule has 0 fully saturated rings. The summed E-state index contributed by atoms with van der Waals surface area (Å²) in [6.07, 6.45) is 0. The van der Waals surface area contributed by atoms with E-state index in [-0.39, 0.29) is 0 Å². The molecule has 0 saturated carbocycles. The van der Waals surface area contributed by atoms with Crippen molar-refractivity contribution < 1.29 is 4.42 Å². The molecule has 47 heavy (non-hydrogen) atoms. The molecule has 3 nitrogen and oxygen atoms in total. The minimum absolute atomic E-state index is 0.705. The minimum atomic E-state index is 0.705. The molecule has 0 aliphatic rings. The van der Waals surface area contributed by atoms with Gasteiger partial charge in [0.1, 0.15) is 11.2 Å². The first-order chi connectivity index (χ1) is 23.2. The van der Waals surface area contributed by atoms with E-state index in [1.165, 1.54) is 21.9 Å². The summed E-state index contributed by atoms with van der Waals surface area (Å²) < 4.78 is 6.15. The largest absolute Gasteiger partial charge is 0.456 e. The van der Waals surface area contributed by atoms with E-state index < -0.39 is 0 Å². The summed E-state index contributed by atoms with van der Waals surface area (Å²) >= 11 is 0. The third-order valence-corrected chi connectivity index (χ3v) is 8.91. The highest BCUT2D eigenvalue weighted by Crippen LogP contribution is 2.34. The fourth-order valence-electron chi connectivity index (χ4n) is 6.40. The fraction of sp³-hybridized carbons (Fsp3) is 0. The molecule has 0 aliphatic heterocycles. The van der Waals surface area contributed by atoms with E-state index in [0.717, 1.165) is 61.1 Å². The van der Waals surface area contributed by atoms with Crippen molar-refractivity contribution >= 4 is 32.7 Å².